The Balaban J connectivity index is 0.000000417. The van der Waals surface area contributed by atoms with Gasteiger partial charge in [-0.25, -0.2) is 9.78 Å². The van der Waals surface area contributed by atoms with E-state index in [9.17, 15) is 9.59 Å². The van der Waals surface area contributed by atoms with E-state index in [1.54, 1.807) is 6.20 Å². The van der Waals surface area contributed by atoms with E-state index in [1.807, 2.05) is 52.4 Å². The first kappa shape index (κ1) is 34.0. The van der Waals surface area contributed by atoms with E-state index in [0.29, 0.717) is 13.0 Å². The van der Waals surface area contributed by atoms with Crippen molar-refractivity contribution in [2.75, 3.05) is 20.7 Å². The Kier molecular flexibility index (Phi) is 18.6. The van der Waals surface area contributed by atoms with Gasteiger partial charge in [-0.3, -0.25) is 5.10 Å². The average Bonchev–Trinajstić information content (AvgIpc) is 3.70. The SMILES string of the molecule is CC.CNC.NC(=O)OCC1=CCCC=C1.O=CCCCCCCc1ncc(-c2ccc(-c3ccn[nH]3)cc2)[nH]1. The molecule has 0 unspecified atom stereocenters. The summed E-state index contributed by atoms with van der Waals surface area (Å²) in [7, 11) is 3.75. The summed E-state index contributed by atoms with van der Waals surface area (Å²) < 4.78 is 4.60. The molecule has 218 valence electrons. The van der Waals surface area contributed by atoms with Crippen LogP contribution in [0.25, 0.3) is 22.5 Å². The fourth-order valence-corrected chi connectivity index (χ4v) is 3.69. The van der Waals surface area contributed by atoms with Crippen molar-refractivity contribution in [2.24, 2.45) is 5.73 Å². The van der Waals surface area contributed by atoms with Crippen molar-refractivity contribution in [1.29, 1.82) is 0 Å². The van der Waals surface area contributed by atoms with Gasteiger partial charge in [0.25, 0.3) is 0 Å². The molecular formula is C31H46N6O3. The molecule has 1 aliphatic carbocycles. The number of rotatable bonds is 11. The van der Waals surface area contributed by atoms with Gasteiger partial charge in [0.2, 0.25) is 0 Å². The third-order valence-electron chi connectivity index (χ3n) is 5.57. The van der Waals surface area contributed by atoms with Crippen LogP contribution in [0.3, 0.4) is 0 Å². The second kappa shape index (κ2) is 21.9. The van der Waals surface area contributed by atoms with Crippen molar-refractivity contribution in [2.45, 2.75) is 65.2 Å². The van der Waals surface area contributed by atoms with Crippen molar-refractivity contribution in [3.8, 4) is 22.5 Å². The molecule has 0 atom stereocenters. The molecule has 0 spiro atoms. The molecule has 1 amide bonds. The Hall–Kier alpha value is -3.98. The number of allylic oxidation sites excluding steroid dienone is 2. The highest BCUT2D eigenvalue weighted by molar-refractivity contribution is 5.66. The molecule has 0 radical (unpaired) electrons. The van der Waals surface area contributed by atoms with Crippen LogP contribution in [0.1, 0.15) is 64.6 Å². The Labute approximate surface area is 238 Å². The summed E-state index contributed by atoms with van der Waals surface area (Å²) in [5.74, 6) is 1.03. The topological polar surface area (TPSA) is 139 Å². The number of hydrogen-bond acceptors (Lipinski definition) is 6. The van der Waals surface area contributed by atoms with Crippen molar-refractivity contribution in [1.82, 2.24) is 25.5 Å². The number of nitrogens with two attached hydrogens (primary N) is 1. The molecule has 9 heteroatoms. The van der Waals surface area contributed by atoms with Crippen molar-refractivity contribution < 1.29 is 14.3 Å². The van der Waals surface area contributed by atoms with Crippen LogP contribution in [0.2, 0.25) is 0 Å². The van der Waals surface area contributed by atoms with E-state index in [4.69, 9.17) is 5.73 Å². The third kappa shape index (κ3) is 14.2. The fourth-order valence-electron chi connectivity index (χ4n) is 3.69. The third-order valence-corrected chi connectivity index (χ3v) is 5.57. The van der Waals surface area contributed by atoms with Gasteiger partial charge in [-0.05, 0) is 62.5 Å². The monoisotopic (exact) mass is 550 g/mol. The van der Waals surface area contributed by atoms with Gasteiger partial charge in [0.1, 0.15) is 18.7 Å². The van der Waals surface area contributed by atoms with Crippen molar-refractivity contribution in [3.63, 3.8) is 0 Å². The van der Waals surface area contributed by atoms with E-state index < -0.39 is 6.09 Å². The number of H-pyrrole nitrogens is 2. The zero-order valence-corrected chi connectivity index (χ0v) is 24.4. The first-order valence-electron chi connectivity index (χ1n) is 14.0. The summed E-state index contributed by atoms with van der Waals surface area (Å²) in [6, 6.07) is 10.3. The lowest BCUT2D eigenvalue weighted by Gasteiger charge is -2.05. The van der Waals surface area contributed by atoms with Crippen LogP contribution >= 0.6 is 0 Å². The van der Waals surface area contributed by atoms with Gasteiger partial charge in [0.15, 0.2) is 0 Å². The number of aromatic nitrogens is 4. The zero-order chi connectivity index (χ0) is 29.4. The maximum Gasteiger partial charge on any atom is 0.404 e. The predicted octanol–water partition coefficient (Wildman–Crippen LogP) is 6.38. The summed E-state index contributed by atoms with van der Waals surface area (Å²) in [6.45, 7) is 4.30. The number of nitrogens with one attached hydrogen (secondary N) is 3. The van der Waals surface area contributed by atoms with E-state index in [-0.39, 0.29) is 0 Å². The number of aryl methyl sites for hydroxylation is 1. The number of nitrogens with zero attached hydrogens (tertiary/aromatic N) is 2. The van der Waals surface area contributed by atoms with Crippen LogP contribution in [0, 0.1) is 0 Å². The number of aromatic amines is 2. The lowest BCUT2D eigenvalue weighted by atomic mass is 10.1. The highest BCUT2D eigenvalue weighted by Crippen LogP contribution is 2.22. The van der Waals surface area contributed by atoms with Gasteiger partial charge in [-0.1, -0.05) is 69.2 Å². The van der Waals surface area contributed by atoms with Crippen molar-refractivity contribution >= 4 is 12.4 Å². The first-order valence-corrected chi connectivity index (χ1v) is 14.0. The standard InChI is InChI=1S/C19H22N4O.C8H11NO2.C2H7N.C2H6/c24-13-5-3-1-2-4-6-19-20-14-18(22-19)16-9-7-15(8-10-16)17-11-12-21-23-17;9-8(10)11-6-7-4-2-1-3-5-7;1-3-2;1-2/h7-14H,1-6H2,(H,20,22)(H,21,23);2,4-5H,1,3,6H2,(H2,9,10);3H,1-2H3;1-2H3. The normalized spacial score (nSPS) is 11.4. The van der Waals surface area contributed by atoms with Crippen molar-refractivity contribution in [3.05, 3.63) is 72.4 Å². The zero-order valence-electron chi connectivity index (χ0n) is 24.4. The number of unbranched alkanes of at least 4 members (excludes halogenated alkanes) is 4. The second-order valence-corrected chi connectivity index (χ2v) is 8.78. The largest absolute Gasteiger partial charge is 0.445 e. The molecule has 2 aromatic heterocycles. The molecule has 1 aromatic carbocycles. The highest BCUT2D eigenvalue weighted by Gasteiger charge is 2.05. The Bertz CT molecular complexity index is 1120. The van der Waals surface area contributed by atoms with Gasteiger partial charge in [0.05, 0.1) is 17.6 Å². The number of amides is 1. The van der Waals surface area contributed by atoms with Gasteiger partial charge >= 0.3 is 6.09 Å². The highest BCUT2D eigenvalue weighted by atomic mass is 16.5. The molecule has 5 N–H and O–H groups in total. The summed E-state index contributed by atoms with van der Waals surface area (Å²) in [5.41, 5.74) is 10.1. The molecule has 0 bridgehead atoms. The van der Waals surface area contributed by atoms with Crippen LogP contribution in [0.15, 0.2) is 66.5 Å². The number of hydrogen-bond donors (Lipinski definition) is 4. The minimum absolute atomic E-state index is 0.297. The molecule has 9 nitrogen and oxygen atoms in total. The molecular weight excluding hydrogens is 504 g/mol. The lowest BCUT2D eigenvalue weighted by Crippen LogP contribution is -2.14. The molecule has 0 fully saturated rings. The van der Waals surface area contributed by atoms with Crippen LogP contribution in [0.5, 0.6) is 0 Å². The molecule has 3 aromatic rings. The Morgan fingerprint density at radius 3 is 2.27 bits per heavy atom. The second-order valence-electron chi connectivity index (χ2n) is 8.78. The van der Waals surface area contributed by atoms with Gasteiger partial charge in [-0.15, -0.1) is 0 Å². The number of imidazole rings is 1. The van der Waals surface area contributed by atoms with E-state index >= 15 is 0 Å². The maximum atomic E-state index is 10.3. The van der Waals surface area contributed by atoms with E-state index in [1.165, 1.54) is 0 Å². The number of aldehydes is 1. The van der Waals surface area contributed by atoms with Gasteiger partial charge < -0.3 is 25.6 Å². The predicted molar refractivity (Wildman–Crippen MR) is 163 cm³/mol. The number of ether oxygens (including phenoxy) is 1. The summed E-state index contributed by atoms with van der Waals surface area (Å²) in [6.07, 6.45) is 18.1. The molecule has 1 aliphatic rings. The Morgan fingerprint density at radius 1 is 1.02 bits per heavy atom. The number of benzene rings is 1. The molecule has 0 aliphatic heterocycles. The molecule has 2 heterocycles. The van der Waals surface area contributed by atoms with Gasteiger partial charge in [0, 0.05) is 19.0 Å². The van der Waals surface area contributed by atoms with Crippen LogP contribution in [0.4, 0.5) is 4.79 Å². The minimum atomic E-state index is -0.718. The molecule has 4 rings (SSSR count). The summed E-state index contributed by atoms with van der Waals surface area (Å²) in [4.78, 5) is 28.3. The average molecular weight is 551 g/mol. The summed E-state index contributed by atoms with van der Waals surface area (Å²) >= 11 is 0. The smallest absolute Gasteiger partial charge is 0.404 e. The quantitative estimate of drug-likeness (QED) is 0.161. The molecule has 40 heavy (non-hydrogen) atoms. The Morgan fingerprint density at radius 2 is 1.70 bits per heavy atom. The first-order chi connectivity index (χ1) is 19.6. The minimum Gasteiger partial charge on any atom is -0.445 e. The number of carbonyl (C=O) groups excluding carboxylic acids is 2. The number of primary amides is 1. The van der Waals surface area contributed by atoms with Gasteiger partial charge in [-0.2, -0.15) is 5.10 Å². The summed E-state index contributed by atoms with van der Waals surface area (Å²) in [5, 5.41) is 9.69. The van der Waals surface area contributed by atoms with E-state index in [0.717, 1.165) is 85.1 Å². The fraction of sp³-hybridized carbons (Fsp3) is 0.419. The number of carbonyl (C=O) groups is 2. The molecule has 0 saturated carbocycles. The van der Waals surface area contributed by atoms with Crippen LogP contribution in [-0.2, 0) is 16.0 Å². The van der Waals surface area contributed by atoms with E-state index in [2.05, 4.69) is 60.6 Å². The van der Waals surface area contributed by atoms with Crippen LogP contribution in [-0.4, -0.2) is 53.2 Å². The van der Waals surface area contributed by atoms with Crippen LogP contribution < -0.4 is 11.1 Å². The molecule has 0 saturated heterocycles. The maximum absolute atomic E-state index is 10.3. The lowest BCUT2D eigenvalue weighted by molar-refractivity contribution is -0.107.